The number of carbonyl (C=O) groups is 1. The Bertz CT molecular complexity index is 380. The lowest BCUT2D eigenvalue weighted by Crippen LogP contribution is -2.05. The minimum Gasteiger partial charge on any atom is -0.435 e. The van der Waals surface area contributed by atoms with Crippen molar-refractivity contribution in [3.63, 3.8) is 0 Å². The highest BCUT2D eigenvalue weighted by atomic mass is 79.9. The van der Waals surface area contributed by atoms with Gasteiger partial charge >= 0.3 is 6.61 Å². The van der Waals surface area contributed by atoms with Gasteiger partial charge in [0.05, 0.1) is 0 Å². The molecule has 0 fully saturated rings. The summed E-state index contributed by atoms with van der Waals surface area (Å²) in [5.74, 6) is 0.169. The fourth-order valence-electron chi connectivity index (χ4n) is 1.35. The molecule has 0 saturated carbocycles. The fraction of sp³-hybridized carbons (Fsp3) is 0.364. The van der Waals surface area contributed by atoms with Crippen LogP contribution in [0.15, 0.2) is 18.2 Å². The van der Waals surface area contributed by atoms with Crippen molar-refractivity contribution in [1.82, 2.24) is 0 Å². The van der Waals surface area contributed by atoms with Crippen LogP contribution < -0.4 is 4.74 Å². The summed E-state index contributed by atoms with van der Waals surface area (Å²) >= 11 is 3.19. The summed E-state index contributed by atoms with van der Waals surface area (Å²) in [5, 5.41) is 0.404. The lowest BCUT2D eigenvalue weighted by atomic mass is 10.1. The van der Waals surface area contributed by atoms with Crippen molar-refractivity contribution < 1.29 is 18.3 Å². The second-order valence-electron chi connectivity index (χ2n) is 3.33. The van der Waals surface area contributed by atoms with E-state index in [4.69, 9.17) is 0 Å². The number of Topliss-reactive ketones (excluding diaryl/α,β-unsaturated/α-hetero) is 1. The summed E-state index contributed by atoms with van der Waals surface area (Å²) in [6.07, 6.45) is 0.301. The molecule has 0 saturated heterocycles. The first kappa shape index (κ1) is 13.1. The number of carbonyl (C=O) groups excluding carboxylic acids is 1. The molecule has 0 aliphatic rings. The van der Waals surface area contributed by atoms with Gasteiger partial charge in [-0.25, -0.2) is 0 Å². The van der Waals surface area contributed by atoms with Gasteiger partial charge in [0.15, 0.2) is 0 Å². The highest BCUT2D eigenvalue weighted by Crippen LogP contribution is 2.24. The summed E-state index contributed by atoms with van der Waals surface area (Å²) < 4.78 is 28.5. The van der Waals surface area contributed by atoms with Gasteiger partial charge in [-0.2, -0.15) is 8.78 Å². The highest BCUT2D eigenvalue weighted by Gasteiger charge is 2.10. The van der Waals surface area contributed by atoms with Crippen molar-refractivity contribution >= 4 is 21.7 Å². The average Bonchev–Trinajstić information content (AvgIpc) is 2.18. The average molecular weight is 293 g/mol. The molecule has 5 heteroatoms. The summed E-state index contributed by atoms with van der Waals surface area (Å²) in [5.41, 5.74) is 1.41. The molecule has 1 aromatic carbocycles. The minimum absolute atomic E-state index is 0.0306. The van der Waals surface area contributed by atoms with Crippen LogP contribution in [-0.4, -0.2) is 12.4 Å². The number of halogens is 3. The first-order valence-electron chi connectivity index (χ1n) is 4.65. The second-order valence-corrected chi connectivity index (χ2v) is 3.89. The van der Waals surface area contributed by atoms with E-state index in [1.807, 2.05) is 0 Å². The molecule has 0 atom stereocenters. The maximum absolute atomic E-state index is 12.1. The van der Waals surface area contributed by atoms with Crippen molar-refractivity contribution in [2.75, 3.05) is 0 Å². The molecule has 88 valence electrons. The van der Waals surface area contributed by atoms with Crippen molar-refractivity contribution in [3.8, 4) is 5.75 Å². The Labute approximate surface area is 101 Å². The maximum atomic E-state index is 12.1. The number of ether oxygens (including phenoxy) is 1. The summed E-state index contributed by atoms with van der Waals surface area (Å²) in [7, 11) is 0. The SMILES string of the molecule is CC(=O)Cc1ccc(OC(F)F)c(CBr)c1. The standard InChI is InChI=1S/C11H11BrF2O2/c1-7(15)4-8-2-3-10(16-11(13)14)9(5-8)6-12/h2-3,5,11H,4,6H2,1H3. The van der Waals surface area contributed by atoms with E-state index in [0.717, 1.165) is 5.56 Å². The number of alkyl halides is 3. The minimum atomic E-state index is -2.84. The van der Waals surface area contributed by atoms with Gasteiger partial charge in [-0.15, -0.1) is 0 Å². The third-order valence-corrected chi connectivity index (χ3v) is 2.54. The summed E-state index contributed by atoms with van der Waals surface area (Å²) in [4.78, 5) is 10.9. The van der Waals surface area contributed by atoms with E-state index in [2.05, 4.69) is 20.7 Å². The van der Waals surface area contributed by atoms with E-state index in [9.17, 15) is 13.6 Å². The van der Waals surface area contributed by atoms with Crippen LogP contribution in [-0.2, 0) is 16.5 Å². The van der Waals surface area contributed by atoms with Crippen LogP contribution in [0.5, 0.6) is 5.75 Å². The first-order chi connectivity index (χ1) is 7.52. The van der Waals surface area contributed by atoms with E-state index in [1.165, 1.54) is 13.0 Å². The molecule has 0 radical (unpaired) electrons. The molecule has 0 spiro atoms. The Hall–Kier alpha value is -0.970. The number of ketones is 1. The third kappa shape index (κ3) is 3.89. The second kappa shape index (κ2) is 5.94. The van der Waals surface area contributed by atoms with Crippen molar-refractivity contribution in [1.29, 1.82) is 0 Å². The quantitative estimate of drug-likeness (QED) is 0.778. The molecule has 0 aliphatic carbocycles. The number of hydrogen-bond acceptors (Lipinski definition) is 2. The first-order valence-corrected chi connectivity index (χ1v) is 5.77. The van der Waals surface area contributed by atoms with E-state index < -0.39 is 6.61 Å². The molecule has 0 bridgehead atoms. The molecular weight excluding hydrogens is 282 g/mol. The highest BCUT2D eigenvalue weighted by molar-refractivity contribution is 9.08. The van der Waals surface area contributed by atoms with E-state index in [0.29, 0.717) is 17.3 Å². The molecule has 0 aromatic heterocycles. The van der Waals surface area contributed by atoms with E-state index >= 15 is 0 Å². The van der Waals surface area contributed by atoms with E-state index in [1.54, 1.807) is 12.1 Å². The van der Waals surface area contributed by atoms with Crippen molar-refractivity contribution in [2.24, 2.45) is 0 Å². The zero-order valence-electron chi connectivity index (χ0n) is 8.67. The Kier molecular flexibility index (Phi) is 4.86. The molecule has 0 amide bonds. The maximum Gasteiger partial charge on any atom is 0.387 e. The van der Waals surface area contributed by atoms with Crippen LogP contribution in [0.2, 0.25) is 0 Å². The summed E-state index contributed by atoms with van der Waals surface area (Å²) in [6.45, 7) is -1.35. The smallest absolute Gasteiger partial charge is 0.387 e. The monoisotopic (exact) mass is 292 g/mol. The molecule has 1 aromatic rings. The molecule has 0 unspecified atom stereocenters. The van der Waals surface area contributed by atoms with Crippen LogP contribution in [0, 0.1) is 0 Å². The largest absolute Gasteiger partial charge is 0.435 e. The van der Waals surface area contributed by atoms with Crippen LogP contribution in [0.25, 0.3) is 0 Å². The molecule has 2 nitrogen and oxygen atoms in total. The molecule has 0 N–H and O–H groups in total. The van der Waals surface area contributed by atoms with Crippen molar-refractivity contribution in [3.05, 3.63) is 29.3 Å². The zero-order chi connectivity index (χ0) is 12.1. The van der Waals surface area contributed by atoms with Crippen LogP contribution in [0.1, 0.15) is 18.1 Å². The lowest BCUT2D eigenvalue weighted by molar-refractivity contribution is -0.116. The Morgan fingerprint density at radius 3 is 2.69 bits per heavy atom. The van der Waals surface area contributed by atoms with Crippen LogP contribution >= 0.6 is 15.9 Å². The number of rotatable bonds is 5. The number of hydrogen-bond donors (Lipinski definition) is 0. The molecule has 0 aliphatic heterocycles. The van der Waals surface area contributed by atoms with Gasteiger partial charge < -0.3 is 4.74 Å². The van der Waals surface area contributed by atoms with Crippen LogP contribution in [0.4, 0.5) is 8.78 Å². The Morgan fingerprint density at radius 1 is 1.50 bits per heavy atom. The topological polar surface area (TPSA) is 26.3 Å². The van der Waals surface area contributed by atoms with Gasteiger partial charge in [-0.1, -0.05) is 28.1 Å². The predicted molar refractivity (Wildman–Crippen MR) is 60.1 cm³/mol. The Morgan fingerprint density at radius 2 is 2.19 bits per heavy atom. The Balaban J connectivity index is 2.92. The van der Waals surface area contributed by atoms with Gasteiger partial charge in [-0.05, 0) is 18.6 Å². The predicted octanol–water partition coefficient (Wildman–Crippen LogP) is 3.31. The van der Waals surface area contributed by atoms with E-state index in [-0.39, 0.29) is 11.5 Å². The lowest BCUT2D eigenvalue weighted by Gasteiger charge is -2.10. The fourth-order valence-corrected chi connectivity index (χ4v) is 1.78. The molecule has 0 heterocycles. The zero-order valence-corrected chi connectivity index (χ0v) is 10.3. The third-order valence-electron chi connectivity index (χ3n) is 1.94. The van der Waals surface area contributed by atoms with Gasteiger partial charge in [0.1, 0.15) is 11.5 Å². The summed E-state index contributed by atoms with van der Waals surface area (Å²) in [6, 6.07) is 4.76. The normalized spacial score (nSPS) is 10.6. The van der Waals surface area contributed by atoms with Crippen molar-refractivity contribution in [2.45, 2.75) is 25.3 Å². The molecule has 16 heavy (non-hydrogen) atoms. The molecular formula is C11H11BrF2O2. The number of benzene rings is 1. The van der Waals surface area contributed by atoms with Gasteiger partial charge in [0, 0.05) is 17.3 Å². The van der Waals surface area contributed by atoms with Gasteiger partial charge in [0.25, 0.3) is 0 Å². The van der Waals surface area contributed by atoms with Gasteiger partial charge in [-0.3, -0.25) is 4.79 Å². The van der Waals surface area contributed by atoms with Gasteiger partial charge in [0.2, 0.25) is 0 Å². The molecule has 1 rings (SSSR count). The van der Waals surface area contributed by atoms with Crippen LogP contribution in [0.3, 0.4) is 0 Å².